The molecule has 1 aliphatic rings. The standard InChI is InChI=1S/C27H28N4O3S/c1-34-21-12-8-9-19(15-21)17-31-26(33)25-24(22(16-28-25)20-10-4-2-5-11-20)29-27(31)35-18-23(32)30-13-6-3-7-14-30/h2,4-5,8-12,15-16,28H,3,6-7,13-14,17-18H2,1H3. The molecule has 35 heavy (non-hydrogen) atoms. The molecule has 1 amide bonds. The Kier molecular flexibility index (Phi) is 6.90. The summed E-state index contributed by atoms with van der Waals surface area (Å²) in [6.07, 6.45) is 5.10. The number of rotatable bonds is 7. The maximum atomic E-state index is 13.7. The third-order valence-electron chi connectivity index (χ3n) is 6.34. The second-order valence-electron chi connectivity index (χ2n) is 8.66. The third kappa shape index (κ3) is 4.98. The van der Waals surface area contributed by atoms with Crippen LogP contribution in [-0.2, 0) is 11.3 Å². The van der Waals surface area contributed by atoms with Crippen molar-refractivity contribution in [1.29, 1.82) is 0 Å². The zero-order valence-electron chi connectivity index (χ0n) is 19.7. The average Bonchev–Trinajstić information content (AvgIpc) is 3.34. The van der Waals surface area contributed by atoms with Gasteiger partial charge in [-0.1, -0.05) is 54.2 Å². The van der Waals surface area contributed by atoms with Crippen molar-refractivity contribution in [2.45, 2.75) is 31.0 Å². The monoisotopic (exact) mass is 488 g/mol. The minimum Gasteiger partial charge on any atom is -0.497 e. The summed E-state index contributed by atoms with van der Waals surface area (Å²) in [4.78, 5) is 36.5. The van der Waals surface area contributed by atoms with Gasteiger partial charge < -0.3 is 14.6 Å². The molecular weight excluding hydrogens is 460 g/mol. The van der Waals surface area contributed by atoms with Gasteiger partial charge in [0, 0.05) is 24.8 Å². The van der Waals surface area contributed by atoms with Gasteiger partial charge in [0.2, 0.25) is 5.91 Å². The number of aromatic nitrogens is 3. The number of hydrogen-bond donors (Lipinski definition) is 1. The van der Waals surface area contributed by atoms with E-state index >= 15 is 0 Å². The Bertz CT molecular complexity index is 1390. The molecule has 1 fully saturated rings. The number of ether oxygens (including phenoxy) is 1. The van der Waals surface area contributed by atoms with E-state index < -0.39 is 0 Å². The highest BCUT2D eigenvalue weighted by molar-refractivity contribution is 7.99. The Morgan fingerprint density at radius 2 is 1.89 bits per heavy atom. The molecule has 0 bridgehead atoms. The molecule has 2 aromatic carbocycles. The van der Waals surface area contributed by atoms with Gasteiger partial charge >= 0.3 is 0 Å². The Hall–Kier alpha value is -3.52. The van der Waals surface area contributed by atoms with Gasteiger partial charge in [-0.05, 0) is 42.5 Å². The summed E-state index contributed by atoms with van der Waals surface area (Å²) in [6.45, 7) is 1.94. The average molecular weight is 489 g/mol. The van der Waals surface area contributed by atoms with Gasteiger partial charge in [-0.25, -0.2) is 4.98 Å². The van der Waals surface area contributed by atoms with Gasteiger partial charge in [-0.2, -0.15) is 0 Å². The molecule has 0 radical (unpaired) electrons. The molecule has 2 aromatic heterocycles. The highest BCUT2D eigenvalue weighted by atomic mass is 32.2. The molecule has 3 heterocycles. The molecule has 0 unspecified atom stereocenters. The number of carbonyl (C=O) groups is 1. The molecule has 1 N–H and O–H groups in total. The summed E-state index contributed by atoms with van der Waals surface area (Å²) in [5.74, 6) is 1.07. The molecule has 5 rings (SSSR count). The van der Waals surface area contributed by atoms with E-state index in [9.17, 15) is 9.59 Å². The van der Waals surface area contributed by atoms with Crippen LogP contribution in [0.15, 0.2) is 70.7 Å². The summed E-state index contributed by atoms with van der Waals surface area (Å²) in [6, 6.07) is 17.5. The van der Waals surface area contributed by atoms with Crippen LogP contribution in [-0.4, -0.2) is 51.3 Å². The Morgan fingerprint density at radius 1 is 1.09 bits per heavy atom. The second kappa shape index (κ2) is 10.4. The minimum absolute atomic E-state index is 0.0920. The minimum atomic E-state index is -0.159. The van der Waals surface area contributed by atoms with E-state index in [0.717, 1.165) is 48.4 Å². The smallest absolute Gasteiger partial charge is 0.278 e. The Morgan fingerprint density at radius 3 is 2.66 bits per heavy atom. The van der Waals surface area contributed by atoms with Crippen molar-refractivity contribution in [2.24, 2.45) is 0 Å². The van der Waals surface area contributed by atoms with E-state index in [1.165, 1.54) is 18.2 Å². The number of nitrogens with one attached hydrogen (secondary N) is 1. The summed E-state index contributed by atoms with van der Waals surface area (Å²) in [5.41, 5.74) is 3.70. The lowest BCUT2D eigenvalue weighted by molar-refractivity contribution is -0.129. The molecule has 0 aliphatic carbocycles. The SMILES string of the molecule is COc1cccc(Cn2c(SCC(=O)N3CCCCC3)nc3c(-c4ccccc4)c[nH]c3c2=O)c1. The third-order valence-corrected chi connectivity index (χ3v) is 7.30. The van der Waals surface area contributed by atoms with Crippen LogP contribution in [0.4, 0.5) is 0 Å². The maximum absolute atomic E-state index is 13.7. The topological polar surface area (TPSA) is 80.2 Å². The van der Waals surface area contributed by atoms with Crippen LogP contribution in [0.25, 0.3) is 22.2 Å². The fourth-order valence-electron chi connectivity index (χ4n) is 4.47. The first-order chi connectivity index (χ1) is 17.1. The first kappa shape index (κ1) is 23.2. The largest absolute Gasteiger partial charge is 0.497 e. The van der Waals surface area contributed by atoms with E-state index in [-0.39, 0.29) is 17.2 Å². The molecular formula is C27H28N4O3S. The number of amides is 1. The van der Waals surface area contributed by atoms with E-state index in [1.54, 1.807) is 11.7 Å². The molecule has 8 heteroatoms. The van der Waals surface area contributed by atoms with Gasteiger partial charge in [-0.15, -0.1) is 0 Å². The highest BCUT2D eigenvalue weighted by Crippen LogP contribution is 2.28. The summed E-state index contributed by atoms with van der Waals surface area (Å²) >= 11 is 1.33. The molecule has 1 saturated heterocycles. The number of H-pyrrole nitrogens is 1. The predicted molar refractivity (Wildman–Crippen MR) is 139 cm³/mol. The zero-order chi connectivity index (χ0) is 24.2. The van der Waals surface area contributed by atoms with E-state index in [0.29, 0.717) is 22.7 Å². The van der Waals surface area contributed by atoms with Gasteiger partial charge in [0.1, 0.15) is 16.8 Å². The van der Waals surface area contributed by atoms with E-state index in [1.807, 2.05) is 65.7 Å². The molecule has 1 aliphatic heterocycles. The lowest BCUT2D eigenvalue weighted by Gasteiger charge is -2.26. The van der Waals surface area contributed by atoms with Crippen LogP contribution in [0.5, 0.6) is 5.75 Å². The van der Waals surface area contributed by atoms with Crippen molar-refractivity contribution in [3.63, 3.8) is 0 Å². The zero-order valence-corrected chi connectivity index (χ0v) is 20.5. The van der Waals surface area contributed by atoms with Crippen LogP contribution in [0, 0.1) is 0 Å². The molecule has 0 atom stereocenters. The van der Waals surface area contributed by atoms with E-state index in [4.69, 9.17) is 9.72 Å². The first-order valence-corrected chi connectivity index (χ1v) is 12.8. The number of aromatic amines is 1. The number of likely N-dealkylation sites (tertiary alicyclic amines) is 1. The number of piperidine rings is 1. The van der Waals surface area contributed by atoms with Crippen molar-refractivity contribution in [1.82, 2.24) is 19.4 Å². The lowest BCUT2D eigenvalue weighted by atomic mass is 10.1. The van der Waals surface area contributed by atoms with Gasteiger partial charge in [-0.3, -0.25) is 14.2 Å². The molecule has 0 spiro atoms. The van der Waals surface area contributed by atoms with Gasteiger partial charge in [0.25, 0.3) is 5.56 Å². The number of fused-ring (bicyclic) bond motifs is 1. The van der Waals surface area contributed by atoms with Crippen molar-refractivity contribution >= 4 is 28.7 Å². The van der Waals surface area contributed by atoms with Gasteiger partial charge in [0.05, 0.1) is 19.4 Å². The number of hydrogen-bond acceptors (Lipinski definition) is 5. The molecule has 0 saturated carbocycles. The normalized spacial score (nSPS) is 13.8. The number of carbonyl (C=O) groups excluding carboxylic acids is 1. The number of thioether (sulfide) groups is 1. The van der Waals surface area contributed by atoms with Crippen LogP contribution in [0.2, 0.25) is 0 Å². The van der Waals surface area contributed by atoms with Crippen molar-refractivity contribution < 1.29 is 9.53 Å². The first-order valence-electron chi connectivity index (χ1n) is 11.8. The molecule has 180 valence electrons. The predicted octanol–water partition coefficient (Wildman–Crippen LogP) is 4.55. The highest BCUT2D eigenvalue weighted by Gasteiger charge is 2.21. The summed E-state index contributed by atoms with van der Waals surface area (Å²) in [5, 5.41) is 0.535. The van der Waals surface area contributed by atoms with Crippen LogP contribution in [0.1, 0.15) is 24.8 Å². The summed E-state index contributed by atoms with van der Waals surface area (Å²) in [7, 11) is 1.62. The quantitative estimate of drug-likeness (QED) is 0.305. The second-order valence-corrected chi connectivity index (χ2v) is 9.60. The number of nitrogens with zero attached hydrogens (tertiary/aromatic N) is 3. The number of benzene rings is 2. The van der Waals surface area contributed by atoms with Gasteiger partial charge in [0.15, 0.2) is 5.16 Å². The van der Waals surface area contributed by atoms with Crippen LogP contribution in [0.3, 0.4) is 0 Å². The van der Waals surface area contributed by atoms with Crippen LogP contribution < -0.4 is 10.3 Å². The lowest BCUT2D eigenvalue weighted by Crippen LogP contribution is -2.37. The molecule has 7 nitrogen and oxygen atoms in total. The van der Waals surface area contributed by atoms with Crippen molar-refractivity contribution in [3.8, 4) is 16.9 Å². The van der Waals surface area contributed by atoms with Crippen molar-refractivity contribution in [2.75, 3.05) is 26.0 Å². The fraction of sp³-hybridized carbons (Fsp3) is 0.296. The van der Waals surface area contributed by atoms with Crippen LogP contribution >= 0.6 is 11.8 Å². The Balaban J connectivity index is 1.54. The molecule has 4 aromatic rings. The number of methoxy groups -OCH3 is 1. The van der Waals surface area contributed by atoms with Crippen molar-refractivity contribution in [3.05, 3.63) is 76.7 Å². The maximum Gasteiger partial charge on any atom is 0.278 e. The van der Waals surface area contributed by atoms with E-state index in [2.05, 4.69) is 4.98 Å². The Labute approximate surface area is 208 Å². The fourth-order valence-corrected chi connectivity index (χ4v) is 5.37. The summed E-state index contributed by atoms with van der Waals surface area (Å²) < 4.78 is 7.01.